The van der Waals surface area contributed by atoms with Gasteiger partial charge >= 0.3 is 0 Å². The Morgan fingerprint density at radius 1 is 0.957 bits per heavy atom. The Kier molecular flexibility index (Phi) is 19.3. The van der Waals surface area contributed by atoms with Crippen LogP contribution in [-0.2, 0) is 17.7 Å². The number of likely N-dealkylation sites (tertiary alicyclic amines) is 1. The fourth-order valence-electron chi connectivity index (χ4n) is 5.40. The third-order valence-corrected chi connectivity index (χ3v) is 8.06. The van der Waals surface area contributed by atoms with Crippen molar-refractivity contribution in [1.29, 1.82) is 5.26 Å². The fourth-order valence-corrected chi connectivity index (χ4v) is 5.40. The highest BCUT2D eigenvalue weighted by atomic mass is 16.5. The molecule has 0 amide bonds. The minimum absolute atomic E-state index is 0.558. The predicted octanol–water partition coefficient (Wildman–Crippen LogP) is 7.57. The van der Waals surface area contributed by atoms with Crippen LogP contribution in [0.2, 0.25) is 0 Å². The van der Waals surface area contributed by atoms with E-state index in [0.717, 1.165) is 56.8 Å². The van der Waals surface area contributed by atoms with E-state index >= 15 is 0 Å². The Bertz CT molecular complexity index is 1290. The van der Waals surface area contributed by atoms with Crippen molar-refractivity contribution in [1.82, 2.24) is 15.5 Å². The van der Waals surface area contributed by atoms with Gasteiger partial charge in [0.25, 0.3) is 0 Å². The number of benzene rings is 3. The van der Waals surface area contributed by atoms with E-state index in [9.17, 15) is 5.26 Å². The van der Waals surface area contributed by atoms with Crippen LogP contribution in [0.5, 0.6) is 0 Å². The van der Waals surface area contributed by atoms with E-state index < -0.39 is 0 Å². The zero-order chi connectivity index (χ0) is 33.6. The molecule has 6 heteroatoms. The number of nitrogens with zero attached hydrogens (tertiary/aromatic N) is 3. The third-order valence-electron chi connectivity index (χ3n) is 8.06. The third kappa shape index (κ3) is 14.7. The van der Waals surface area contributed by atoms with E-state index in [-0.39, 0.29) is 0 Å². The Morgan fingerprint density at radius 3 is 2.24 bits per heavy atom. The molecule has 1 fully saturated rings. The van der Waals surface area contributed by atoms with E-state index in [1.54, 1.807) is 0 Å². The monoisotopic (exact) mass is 625 g/mol. The molecule has 3 aromatic rings. The van der Waals surface area contributed by atoms with Crippen molar-refractivity contribution in [2.45, 2.75) is 66.8 Å². The second kappa shape index (κ2) is 22.9. The Labute approximate surface area is 280 Å². The van der Waals surface area contributed by atoms with E-state index in [1.165, 1.54) is 53.8 Å². The smallest absolute Gasteiger partial charge is 0.0992 e. The summed E-state index contributed by atoms with van der Waals surface area (Å²) in [6.45, 7) is 22.7. The van der Waals surface area contributed by atoms with Gasteiger partial charge < -0.3 is 19.9 Å². The van der Waals surface area contributed by atoms with E-state index in [2.05, 4.69) is 102 Å². The van der Waals surface area contributed by atoms with Crippen LogP contribution in [0.25, 0.3) is 0 Å². The average Bonchev–Trinajstić information content (AvgIpc) is 3.60. The highest BCUT2D eigenvalue weighted by Gasteiger charge is 2.13. The number of nitriles is 1. The zero-order valence-electron chi connectivity index (χ0n) is 29.5. The predicted molar refractivity (Wildman–Crippen MR) is 197 cm³/mol. The first-order valence-corrected chi connectivity index (χ1v) is 17.1. The van der Waals surface area contributed by atoms with Crippen molar-refractivity contribution in [3.63, 3.8) is 0 Å². The Balaban J connectivity index is 0.000000632. The molecule has 0 spiro atoms. The largest absolute Gasteiger partial charge is 0.365 e. The lowest BCUT2D eigenvalue weighted by molar-refractivity contribution is 0.120. The van der Waals surface area contributed by atoms with Crippen LogP contribution >= 0.6 is 0 Å². The van der Waals surface area contributed by atoms with E-state index in [1.807, 2.05) is 39.1 Å². The number of hydrogen-bond donors (Lipinski definition) is 2. The summed E-state index contributed by atoms with van der Waals surface area (Å²) < 4.78 is 5.93. The van der Waals surface area contributed by atoms with Gasteiger partial charge in [-0.25, -0.2) is 0 Å². The summed E-state index contributed by atoms with van der Waals surface area (Å²) in [5, 5.41) is 16.1. The maximum Gasteiger partial charge on any atom is 0.0992 e. The Morgan fingerprint density at radius 2 is 1.61 bits per heavy atom. The number of nitrogens with one attached hydrogen (secondary N) is 2. The molecule has 0 unspecified atom stereocenters. The summed E-state index contributed by atoms with van der Waals surface area (Å²) in [7, 11) is 1.98. The van der Waals surface area contributed by atoms with Crippen molar-refractivity contribution < 1.29 is 4.74 Å². The highest BCUT2D eigenvalue weighted by molar-refractivity contribution is 5.58. The van der Waals surface area contributed by atoms with Crippen molar-refractivity contribution >= 4 is 5.69 Å². The molecule has 0 aromatic heterocycles. The van der Waals surface area contributed by atoms with Gasteiger partial charge in [-0.3, -0.25) is 5.32 Å². The number of aryl methyl sites for hydroxylation is 4. The number of hydrogen-bond acceptors (Lipinski definition) is 6. The molecule has 1 aliphatic heterocycles. The molecule has 0 radical (unpaired) electrons. The van der Waals surface area contributed by atoms with Gasteiger partial charge in [0.15, 0.2) is 0 Å². The summed E-state index contributed by atoms with van der Waals surface area (Å²) in [6.07, 6.45) is 4.55. The quantitative estimate of drug-likeness (QED) is 0.0973. The normalized spacial score (nSPS) is 12.4. The van der Waals surface area contributed by atoms with Crippen LogP contribution in [0.4, 0.5) is 5.69 Å². The molecule has 1 aliphatic rings. The van der Waals surface area contributed by atoms with Gasteiger partial charge in [0, 0.05) is 38.4 Å². The van der Waals surface area contributed by atoms with Crippen LogP contribution in [0.1, 0.15) is 66.5 Å². The van der Waals surface area contributed by atoms with Crippen molar-refractivity contribution in [3.8, 4) is 6.07 Å². The summed E-state index contributed by atoms with van der Waals surface area (Å²) in [5.41, 5.74) is 9.46. The molecule has 1 saturated heterocycles. The van der Waals surface area contributed by atoms with Crippen molar-refractivity contribution in [2.24, 2.45) is 0 Å². The van der Waals surface area contributed by atoms with Crippen LogP contribution in [-0.4, -0.2) is 64.6 Å². The van der Waals surface area contributed by atoms with Crippen LogP contribution < -0.4 is 15.5 Å². The van der Waals surface area contributed by atoms with Gasteiger partial charge in [-0.2, -0.15) is 5.26 Å². The van der Waals surface area contributed by atoms with Crippen LogP contribution in [0, 0.1) is 32.1 Å². The molecule has 0 saturated carbocycles. The SMILES string of the molecule is C=C(CCc1ccccc1CNC)CN(CCOCNCCN1CCCC1)c1cc(C#N)ccc1C.CC.Cc1ccc(C)cc1. The summed E-state index contributed by atoms with van der Waals surface area (Å²) >= 11 is 0. The second-order valence-electron chi connectivity index (χ2n) is 11.8. The summed E-state index contributed by atoms with van der Waals surface area (Å²) in [6, 6.07) is 25.3. The number of rotatable bonds is 16. The van der Waals surface area contributed by atoms with Crippen molar-refractivity contribution in [3.05, 3.63) is 112 Å². The lowest BCUT2D eigenvalue weighted by Gasteiger charge is -2.28. The number of ether oxygens (including phenoxy) is 1. The van der Waals surface area contributed by atoms with Gasteiger partial charge in [-0.15, -0.1) is 0 Å². The molecule has 1 heterocycles. The molecule has 0 aliphatic carbocycles. The molecule has 0 atom stereocenters. The summed E-state index contributed by atoms with van der Waals surface area (Å²) in [4.78, 5) is 4.81. The molecule has 6 nitrogen and oxygen atoms in total. The van der Waals surface area contributed by atoms with Gasteiger partial charge in [-0.05, 0) is 95.4 Å². The molecule has 250 valence electrons. The minimum Gasteiger partial charge on any atom is -0.365 e. The molecule has 0 bridgehead atoms. The molecular formula is C40H59N5O. The molecule has 4 rings (SSSR count). The first kappa shape index (κ1) is 38.7. The topological polar surface area (TPSA) is 63.6 Å². The maximum absolute atomic E-state index is 9.44. The molecule has 2 N–H and O–H groups in total. The fraction of sp³-hybridized carbons (Fsp3) is 0.475. The van der Waals surface area contributed by atoms with Crippen LogP contribution in [0.3, 0.4) is 0 Å². The highest BCUT2D eigenvalue weighted by Crippen LogP contribution is 2.23. The minimum atomic E-state index is 0.558. The van der Waals surface area contributed by atoms with Gasteiger partial charge in [0.1, 0.15) is 0 Å². The van der Waals surface area contributed by atoms with Gasteiger partial charge in [0.05, 0.1) is 25.0 Å². The number of anilines is 1. The van der Waals surface area contributed by atoms with Gasteiger partial charge in [-0.1, -0.05) is 91.7 Å². The standard InChI is InChI=1S/C30H43N5O.C8H10.C2H6/c1-25(10-13-28-8-4-5-9-29(28)22-32-3)23-35(30-20-27(21-31)12-11-26(30)2)18-19-36-24-33-14-17-34-15-6-7-16-34;1-7-3-5-8(2)6-4-7;1-2/h4-5,8-9,11-12,20,32-33H,1,6-7,10,13-19,22-24H2,2-3H3;3-6H,1-2H3;1-2H3. The summed E-state index contributed by atoms with van der Waals surface area (Å²) in [5.74, 6) is 0. The first-order chi connectivity index (χ1) is 22.4. The van der Waals surface area contributed by atoms with Gasteiger partial charge in [0.2, 0.25) is 0 Å². The average molecular weight is 626 g/mol. The Hall–Kier alpha value is -3.47. The maximum atomic E-state index is 9.44. The van der Waals surface area contributed by atoms with Crippen molar-refractivity contribution in [2.75, 3.05) is 64.6 Å². The zero-order valence-corrected chi connectivity index (χ0v) is 29.5. The lowest BCUT2D eigenvalue weighted by Crippen LogP contribution is -2.33. The first-order valence-electron chi connectivity index (χ1n) is 17.1. The molecule has 46 heavy (non-hydrogen) atoms. The second-order valence-corrected chi connectivity index (χ2v) is 11.8. The van der Waals surface area contributed by atoms with E-state index in [0.29, 0.717) is 18.9 Å². The van der Waals surface area contributed by atoms with E-state index in [4.69, 9.17) is 4.74 Å². The molecule has 3 aromatic carbocycles. The molecular weight excluding hydrogens is 566 g/mol. The lowest BCUT2D eigenvalue weighted by atomic mass is 10.00. The van der Waals surface area contributed by atoms with Crippen LogP contribution in [0.15, 0.2) is 78.9 Å².